The minimum atomic E-state index is -4.30. The summed E-state index contributed by atoms with van der Waals surface area (Å²) in [4.78, 5) is 1.05. The number of nitrogens with one attached hydrogen (secondary N) is 1. The highest BCUT2D eigenvalue weighted by atomic mass is 79.9. The van der Waals surface area contributed by atoms with Gasteiger partial charge in [-0.05, 0) is 46.3 Å². The molecule has 18 heavy (non-hydrogen) atoms. The Hall–Kier alpha value is -1.01. The van der Waals surface area contributed by atoms with E-state index in [9.17, 15) is 13.2 Å². The van der Waals surface area contributed by atoms with Crippen LogP contribution < -0.4 is 5.32 Å². The number of hydrogen-bond donors (Lipinski definition) is 1. The van der Waals surface area contributed by atoms with E-state index in [1.807, 2.05) is 12.1 Å². The Kier molecular flexibility index (Phi) is 3.97. The highest BCUT2D eigenvalue weighted by Crippen LogP contribution is 2.31. The van der Waals surface area contributed by atoms with E-state index in [4.69, 9.17) is 0 Å². The van der Waals surface area contributed by atoms with E-state index in [1.165, 1.54) is 6.07 Å². The van der Waals surface area contributed by atoms with Gasteiger partial charge in [0, 0.05) is 17.1 Å². The van der Waals surface area contributed by atoms with Gasteiger partial charge in [-0.15, -0.1) is 11.3 Å². The van der Waals surface area contributed by atoms with Gasteiger partial charge >= 0.3 is 6.18 Å². The van der Waals surface area contributed by atoms with Crippen LogP contribution in [-0.4, -0.2) is 0 Å². The van der Waals surface area contributed by atoms with Gasteiger partial charge in [0.15, 0.2) is 0 Å². The van der Waals surface area contributed by atoms with Gasteiger partial charge in [0.25, 0.3) is 0 Å². The molecule has 1 N–H and O–H groups in total. The molecule has 0 fully saturated rings. The molecule has 2 aromatic rings. The molecule has 1 nitrogen and oxygen atoms in total. The monoisotopic (exact) mass is 335 g/mol. The first-order valence-electron chi connectivity index (χ1n) is 5.10. The van der Waals surface area contributed by atoms with Crippen LogP contribution in [0.2, 0.25) is 0 Å². The van der Waals surface area contributed by atoms with Crippen molar-refractivity contribution in [3.63, 3.8) is 0 Å². The quantitative estimate of drug-likeness (QED) is 0.818. The number of anilines is 1. The van der Waals surface area contributed by atoms with Crippen LogP contribution in [0.15, 0.2) is 40.2 Å². The fraction of sp³-hybridized carbons (Fsp3) is 0.167. The summed E-state index contributed by atoms with van der Waals surface area (Å²) >= 11 is 4.89. The summed E-state index contributed by atoms with van der Waals surface area (Å²) in [6.07, 6.45) is -4.30. The molecule has 6 heteroatoms. The molecule has 0 saturated carbocycles. The second-order valence-electron chi connectivity index (χ2n) is 3.64. The van der Waals surface area contributed by atoms with E-state index >= 15 is 0 Å². The molecule has 0 saturated heterocycles. The molecule has 0 bridgehead atoms. The summed E-state index contributed by atoms with van der Waals surface area (Å²) in [5.41, 5.74) is -0.172. The molecule has 0 aliphatic heterocycles. The van der Waals surface area contributed by atoms with Crippen molar-refractivity contribution >= 4 is 33.0 Å². The molecule has 96 valence electrons. The van der Waals surface area contributed by atoms with Gasteiger partial charge in [-0.3, -0.25) is 0 Å². The van der Waals surface area contributed by atoms with Gasteiger partial charge in [0.1, 0.15) is 0 Å². The van der Waals surface area contributed by atoms with Crippen LogP contribution in [0.3, 0.4) is 0 Å². The zero-order valence-corrected chi connectivity index (χ0v) is 11.5. The van der Waals surface area contributed by atoms with Crippen LogP contribution in [0.1, 0.15) is 10.4 Å². The largest absolute Gasteiger partial charge is 0.416 e. The Morgan fingerprint density at radius 3 is 2.56 bits per heavy atom. The van der Waals surface area contributed by atoms with E-state index in [2.05, 4.69) is 21.2 Å². The molecule has 1 aromatic carbocycles. The Bertz CT molecular complexity index is 536. The molecular formula is C12H9BrF3NS. The van der Waals surface area contributed by atoms with Crippen molar-refractivity contribution in [3.05, 3.63) is 50.6 Å². The van der Waals surface area contributed by atoms with Crippen molar-refractivity contribution in [2.75, 3.05) is 5.32 Å². The van der Waals surface area contributed by atoms with E-state index in [0.717, 1.165) is 20.8 Å². The normalized spacial score (nSPS) is 11.6. The molecule has 0 atom stereocenters. The highest BCUT2D eigenvalue weighted by molar-refractivity contribution is 9.11. The maximum atomic E-state index is 12.5. The Morgan fingerprint density at radius 2 is 1.94 bits per heavy atom. The molecule has 0 unspecified atom stereocenters. The second-order valence-corrected chi connectivity index (χ2v) is 6.19. The zero-order chi connectivity index (χ0) is 13.2. The molecule has 0 radical (unpaired) electrons. The third kappa shape index (κ3) is 3.49. The molecule has 0 amide bonds. The summed E-state index contributed by atoms with van der Waals surface area (Å²) in [5.74, 6) is 0. The maximum Gasteiger partial charge on any atom is 0.416 e. The van der Waals surface area contributed by atoms with Gasteiger partial charge < -0.3 is 5.32 Å². The third-order valence-electron chi connectivity index (χ3n) is 2.29. The summed E-state index contributed by atoms with van der Waals surface area (Å²) in [6.45, 7) is 0.511. The van der Waals surface area contributed by atoms with E-state index in [-0.39, 0.29) is 0 Å². The minimum absolute atomic E-state index is 0.467. The number of thiophene rings is 1. The lowest BCUT2D eigenvalue weighted by Gasteiger charge is -2.09. The first-order chi connectivity index (χ1) is 8.45. The predicted molar refractivity (Wildman–Crippen MR) is 70.8 cm³/mol. The van der Waals surface area contributed by atoms with Gasteiger partial charge in [0.05, 0.1) is 9.35 Å². The lowest BCUT2D eigenvalue weighted by atomic mass is 10.2. The summed E-state index contributed by atoms with van der Waals surface area (Å²) in [5, 5.41) is 2.98. The lowest BCUT2D eigenvalue weighted by molar-refractivity contribution is -0.137. The van der Waals surface area contributed by atoms with Crippen LogP contribution in [0.4, 0.5) is 18.9 Å². The summed E-state index contributed by atoms with van der Waals surface area (Å²) in [6, 6.07) is 9.03. The average molecular weight is 336 g/mol. The van der Waals surface area contributed by atoms with Crippen LogP contribution in [-0.2, 0) is 12.7 Å². The molecule has 0 spiro atoms. The minimum Gasteiger partial charge on any atom is -0.380 e. The van der Waals surface area contributed by atoms with Crippen LogP contribution in [0, 0.1) is 0 Å². The maximum absolute atomic E-state index is 12.5. The van der Waals surface area contributed by atoms with Crippen molar-refractivity contribution in [1.29, 1.82) is 0 Å². The zero-order valence-electron chi connectivity index (χ0n) is 9.09. The van der Waals surface area contributed by atoms with E-state index in [0.29, 0.717) is 12.2 Å². The number of hydrogen-bond acceptors (Lipinski definition) is 2. The summed E-state index contributed by atoms with van der Waals surface area (Å²) in [7, 11) is 0. The fourth-order valence-corrected chi connectivity index (χ4v) is 2.86. The molecule has 0 aliphatic rings. The number of alkyl halides is 3. The second kappa shape index (κ2) is 5.32. The number of halogens is 4. The Labute approximate surface area is 115 Å². The predicted octanol–water partition coefficient (Wildman–Crippen LogP) is 5.14. The van der Waals surface area contributed by atoms with Crippen molar-refractivity contribution in [1.82, 2.24) is 0 Å². The molecule has 1 heterocycles. The Morgan fingerprint density at radius 1 is 1.17 bits per heavy atom. The van der Waals surface area contributed by atoms with E-state index < -0.39 is 11.7 Å². The van der Waals surface area contributed by atoms with Gasteiger partial charge in [-0.2, -0.15) is 13.2 Å². The van der Waals surface area contributed by atoms with E-state index in [1.54, 1.807) is 17.4 Å². The van der Waals surface area contributed by atoms with Crippen LogP contribution in [0.25, 0.3) is 0 Å². The fourth-order valence-electron chi connectivity index (χ4n) is 1.44. The first-order valence-corrected chi connectivity index (χ1v) is 6.71. The van der Waals surface area contributed by atoms with Gasteiger partial charge in [-0.25, -0.2) is 0 Å². The number of rotatable bonds is 3. The van der Waals surface area contributed by atoms with Crippen LogP contribution >= 0.6 is 27.3 Å². The molecule has 2 rings (SSSR count). The SMILES string of the molecule is FC(F)(F)c1cccc(NCc2ccc(Br)s2)c1. The first kappa shape index (κ1) is 13.4. The number of benzene rings is 1. The smallest absolute Gasteiger partial charge is 0.380 e. The molecular weight excluding hydrogens is 327 g/mol. The Balaban J connectivity index is 2.06. The van der Waals surface area contributed by atoms with Crippen molar-refractivity contribution < 1.29 is 13.2 Å². The molecule has 0 aliphatic carbocycles. The average Bonchev–Trinajstić information content (AvgIpc) is 2.72. The molecule has 1 aromatic heterocycles. The van der Waals surface area contributed by atoms with Crippen molar-refractivity contribution in [3.8, 4) is 0 Å². The topological polar surface area (TPSA) is 12.0 Å². The lowest BCUT2D eigenvalue weighted by Crippen LogP contribution is -2.06. The van der Waals surface area contributed by atoms with Gasteiger partial charge in [0.2, 0.25) is 0 Å². The van der Waals surface area contributed by atoms with Crippen LogP contribution in [0.5, 0.6) is 0 Å². The van der Waals surface area contributed by atoms with Crippen molar-refractivity contribution in [2.45, 2.75) is 12.7 Å². The summed E-state index contributed by atoms with van der Waals surface area (Å²) < 4.78 is 38.5. The highest BCUT2D eigenvalue weighted by Gasteiger charge is 2.30. The third-order valence-corrected chi connectivity index (χ3v) is 3.91. The van der Waals surface area contributed by atoms with Gasteiger partial charge in [-0.1, -0.05) is 6.07 Å². The van der Waals surface area contributed by atoms with Crippen molar-refractivity contribution in [2.24, 2.45) is 0 Å². The standard InChI is InChI=1S/C12H9BrF3NS/c13-11-5-4-10(18-11)7-17-9-3-1-2-8(6-9)12(14,15)16/h1-6,17H,7H2.